The first-order valence-corrected chi connectivity index (χ1v) is 11.4. The van der Waals surface area contributed by atoms with Crippen molar-refractivity contribution in [1.29, 1.82) is 0 Å². The monoisotopic (exact) mass is 441 g/mol. The largest absolute Gasteiger partial charge is 0.478 e. The first-order valence-electron chi connectivity index (χ1n) is 10.6. The van der Waals surface area contributed by atoms with Crippen LogP contribution in [0.3, 0.4) is 0 Å². The third kappa shape index (κ3) is 5.54. The Bertz CT molecular complexity index is 918. The SMILES string of the molecule is CCCN1Sc2cc(O/C=C/C(=O)O)c(N(C)C)cc2N(c2ccccc2)CC1CC. The third-order valence-corrected chi connectivity index (χ3v) is 6.46. The van der Waals surface area contributed by atoms with Crippen molar-refractivity contribution in [3.05, 3.63) is 54.8 Å². The first kappa shape index (κ1) is 23.0. The van der Waals surface area contributed by atoms with E-state index in [0.717, 1.165) is 54.0 Å². The first-order chi connectivity index (χ1) is 14.9. The normalized spacial score (nSPS) is 16.8. The number of benzene rings is 2. The van der Waals surface area contributed by atoms with E-state index in [1.165, 1.54) is 6.26 Å². The minimum Gasteiger partial charge on any atom is -0.478 e. The topological polar surface area (TPSA) is 56.2 Å². The summed E-state index contributed by atoms with van der Waals surface area (Å²) < 4.78 is 8.22. The Balaban J connectivity index is 2.13. The Morgan fingerprint density at radius 3 is 2.61 bits per heavy atom. The average molecular weight is 442 g/mol. The van der Waals surface area contributed by atoms with Gasteiger partial charge >= 0.3 is 5.97 Å². The van der Waals surface area contributed by atoms with Crippen LogP contribution in [-0.4, -0.2) is 48.6 Å². The number of nitrogens with zero attached hydrogens (tertiary/aromatic N) is 3. The van der Waals surface area contributed by atoms with Gasteiger partial charge in [-0.3, -0.25) is 0 Å². The fraction of sp³-hybridized carbons (Fsp3) is 0.375. The highest BCUT2D eigenvalue weighted by Gasteiger charge is 2.29. The minimum atomic E-state index is -1.04. The smallest absolute Gasteiger partial charge is 0.331 e. The van der Waals surface area contributed by atoms with Crippen molar-refractivity contribution in [3.8, 4) is 5.75 Å². The lowest BCUT2D eigenvalue weighted by Crippen LogP contribution is -2.37. The van der Waals surface area contributed by atoms with Gasteiger partial charge in [0.25, 0.3) is 0 Å². The molecule has 0 bridgehead atoms. The Kier molecular flexibility index (Phi) is 7.87. The number of carbonyl (C=O) groups is 1. The number of para-hydroxylation sites is 1. The molecular formula is C24H31N3O3S. The highest BCUT2D eigenvalue weighted by molar-refractivity contribution is 7.97. The van der Waals surface area contributed by atoms with E-state index in [-0.39, 0.29) is 0 Å². The van der Waals surface area contributed by atoms with E-state index >= 15 is 0 Å². The number of rotatable bonds is 8. The summed E-state index contributed by atoms with van der Waals surface area (Å²) >= 11 is 1.76. The van der Waals surface area contributed by atoms with Gasteiger partial charge in [0.15, 0.2) is 5.75 Å². The zero-order valence-electron chi connectivity index (χ0n) is 18.6. The third-order valence-electron chi connectivity index (χ3n) is 5.22. The standard InChI is InChI=1S/C24H31N3O3S/c1-5-13-27-18(6-2)17-26(19-10-8-7-9-11-19)21-15-20(25(3)4)22(16-23(21)31-27)30-14-12-24(28)29/h7-12,14-16,18H,5-6,13,17H2,1-4H3,(H,28,29)/b14-12+. The van der Waals surface area contributed by atoms with Crippen LogP contribution in [0.5, 0.6) is 5.75 Å². The molecule has 1 aliphatic heterocycles. The van der Waals surface area contributed by atoms with Crippen LogP contribution in [0, 0.1) is 0 Å². The maximum atomic E-state index is 10.9. The molecule has 2 aromatic rings. The molecule has 0 radical (unpaired) electrons. The molecule has 0 spiro atoms. The van der Waals surface area contributed by atoms with E-state index in [1.807, 2.05) is 31.1 Å². The van der Waals surface area contributed by atoms with Gasteiger partial charge in [-0.15, -0.1) is 0 Å². The fourth-order valence-electron chi connectivity index (χ4n) is 3.67. The lowest BCUT2D eigenvalue weighted by molar-refractivity contribution is -0.131. The molecule has 31 heavy (non-hydrogen) atoms. The number of carboxylic acids is 1. The molecule has 2 aromatic carbocycles. The second kappa shape index (κ2) is 10.6. The molecule has 166 valence electrons. The summed E-state index contributed by atoms with van der Waals surface area (Å²) in [4.78, 5) is 16.3. The molecule has 0 saturated heterocycles. The van der Waals surface area contributed by atoms with Crippen LogP contribution in [0.2, 0.25) is 0 Å². The van der Waals surface area contributed by atoms with Crippen molar-refractivity contribution in [2.75, 3.05) is 37.0 Å². The van der Waals surface area contributed by atoms with E-state index < -0.39 is 5.97 Å². The summed E-state index contributed by atoms with van der Waals surface area (Å²) in [5.74, 6) is -0.404. The minimum absolute atomic E-state index is 0.400. The van der Waals surface area contributed by atoms with Gasteiger partial charge in [0, 0.05) is 38.9 Å². The summed E-state index contributed by atoms with van der Waals surface area (Å²) in [6.45, 7) is 6.33. The highest BCUT2D eigenvalue weighted by Crippen LogP contribution is 2.46. The molecule has 1 N–H and O–H groups in total. The van der Waals surface area contributed by atoms with Gasteiger partial charge in [-0.25, -0.2) is 9.10 Å². The molecule has 3 rings (SSSR count). The second-order valence-corrected chi connectivity index (χ2v) is 8.77. The molecule has 0 amide bonds. The molecule has 7 heteroatoms. The van der Waals surface area contributed by atoms with Crippen LogP contribution in [0.1, 0.15) is 26.7 Å². The predicted octanol–water partition coefficient (Wildman–Crippen LogP) is 5.38. The van der Waals surface area contributed by atoms with E-state index in [0.29, 0.717) is 11.8 Å². The molecule has 0 fully saturated rings. The molecule has 0 saturated carbocycles. The van der Waals surface area contributed by atoms with Gasteiger partial charge in [0.2, 0.25) is 0 Å². The van der Waals surface area contributed by atoms with E-state index in [1.54, 1.807) is 11.9 Å². The highest BCUT2D eigenvalue weighted by atomic mass is 32.2. The van der Waals surface area contributed by atoms with Gasteiger partial charge in [-0.05, 0) is 49.1 Å². The number of fused-ring (bicyclic) bond motifs is 1. The van der Waals surface area contributed by atoms with Crippen LogP contribution >= 0.6 is 11.9 Å². The quantitative estimate of drug-likeness (QED) is 0.335. The van der Waals surface area contributed by atoms with Crippen molar-refractivity contribution < 1.29 is 14.6 Å². The summed E-state index contributed by atoms with van der Waals surface area (Å²) in [6, 6.07) is 15.0. The maximum absolute atomic E-state index is 10.9. The van der Waals surface area contributed by atoms with Crippen LogP contribution in [0.15, 0.2) is 59.7 Å². The van der Waals surface area contributed by atoms with Gasteiger partial charge in [-0.1, -0.05) is 32.0 Å². The molecule has 1 atom stereocenters. The summed E-state index contributed by atoms with van der Waals surface area (Å²) in [6.07, 6.45) is 4.36. The van der Waals surface area contributed by atoms with Crippen molar-refractivity contribution in [2.24, 2.45) is 0 Å². The van der Waals surface area contributed by atoms with Gasteiger partial charge in [-0.2, -0.15) is 0 Å². The maximum Gasteiger partial charge on any atom is 0.331 e. The zero-order valence-corrected chi connectivity index (χ0v) is 19.4. The van der Waals surface area contributed by atoms with Crippen molar-refractivity contribution >= 4 is 35.0 Å². The predicted molar refractivity (Wildman–Crippen MR) is 129 cm³/mol. The number of ether oxygens (including phenoxy) is 1. The summed E-state index contributed by atoms with van der Waals surface area (Å²) in [5, 5.41) is 8.92. The molecule has 1 aliphatic rings. The average Bonchev–Trinajstić information content (AvgIpc) is 2.90. The van der Waals surface area contributed by atoms with Crippen LogP contribution in [0.25, 0.3) is 0 Å². The fourth-order valence-corrected chi connectivity index (χ4v) is 4.98. The van der Waals surface area contributed by atoms with Gasteiger partial charge < -0.3 is 19.6 Å². The van der Waals surface area contributed by atoms with Crippen molar-refractivity contribution in [2.45, 2.75) is 37.6 Å². The van der Waals surface area contributed by atoms with Crippen molar-refractivity contribution in [1.82, 2.24) is 4.31 Å². The van der Waals surface area contributed by atoms with Gasteiger partial charge in [0.1, 0.15) is 0 Å². The van der Waals surface area contributed by atoms with E-state index in [9.17, 15) is 4.79 Å². The lowest BCUT2D eigenvalue weighted by Gasteiger charge is -2.31. The van der Waals surface area contributed by atoms with Crippen LogP contribution in [-0.2, 0) is 4.79 Å². The summed E-state index contributed by atoms with van der Waals surface area (Å²) in [7, 11) is 3.93. The zero-order chi connectivity index (χ0) is 22.4. The van der Waals surface area contributed by atoms with Crippen molar-refractivity contribution in [3.63, 3.8) is 0 Å². The van der Waals surface area contributed by atoms with E-state index in [2.05, 4.69) is 53.4 Å². The summed E-state index contributed by atoms with van der Waals surface area (Å²) in [5.41, 5.74) is 3.18. The number of hydrogen-bond donors (Lipinski definition) is 1. The second-order valence-electron chi connectivity index (χ2n) is 7.68. The van der Waals surface area contributed by atoms with Crippen LogP contribution in [0.4, 0.5) is 17.1 Å². The molecule has 0 aromatic heterocycles. The molecule has 1 heterocycles. The number of hydrogen-bond acceptors (Lipinski definition) is 6. The number of anilines is 3. The Labute approximate surface area is 189 Å². The molecule has 1 unspecified atom stereocenters. The molecular weight excluding hydrogens is 410 g/mol. The lowest BCUT2D eigenvalue weighted by atomic mass is 10.1. The number of carboxylic acid groups (broad SMARTS) is 1. The molecule has 0 aliphatic carbocycles. The Morgan fingerprint density at radius 2 is 2.00 bits per heavy atom. The number of aliphatic carboxylic acids is 1. The Hall–Kier alpha value is -2.64. The van der Waals surface area contributed by atoms with Crippen LogP contribution < -0.4 is 14.5 Å². The van der Waals surface area contributed by atoms with E-state index in [4.69, 9.17) is 9.84 Å². The van der Waals surface area contributed by atoms with Gasteiger partial charge in [0.05, 0.1) is 28.6 Å². The molecule has 6 nitrogen and oxygen atoms in total. The Morgan fingerprint density at radius 1 is 1.26 bits per heavy atom.